The Morgan fingerprint density at radius 2 is 2.00 bits per heavy atom. The van der Waals surface area contributed by atoms with Gasteiger partial charge in [0.1, 0.15) is 5.75 Å². The molecular weight excluding hydrogens is 247 g/mol. The number of hydrogen-bond donors (Lipinski definition) is 2. The number of halogens is 1. The zero-order valence-electron chi connectivity index (χ0n) is 8.07. The molecule has 0 saturated carbocycles. The van der Waals surface area contributed by atoms with Gasteiger partial charge in [0.05, 0.1) is 6.10 Å². The topological polar surface area (TPSA) is 49.7 Å². The molecule has 1 aromatic rings. The summed E-state index contributed by atoms with van der Waals surface area (Å²) in [5.41, 5.74) is 0.406. The van der Waals surface area contributed by atoms with Gasteiger partial charge in [-0.15, -0.1) is 0 Å². The third-order valence-electron chi connectivity index (χ3n) is 1.62. The van der Waals surface area contributed by atoms with Crippen LogP contribution in [0.2, 0.25) is 0 Å². The van der Waals surface area contributed by atoms with Gasteiger partial charge >= 0.3 is 7.12 Å². The molecule has 0 radical (unpaired) electrons. The Morgan fingerprint density at radius 1 is 1.36 bits per heavy atom. The van der Waals surface area contributed by atoms with Gasteiger partial charge in [-0.3, -0.25) is 0 Å². The molecule has 1 aromatic carbocycles. The molecule has 0 atom stereocenters. The fourth-order valence-corrected chi connectivity index (χ4v) is 1.52. The van der Waals surface area contributed by atoms with E-state index in [1.165, 1.54) is 0 Å². The van der Waals surface area contributed by atoms with Crippen LogP contribution in [0, 0.1) is 0 Å². The van der Waals surface area contributed by atoms with Gasteiger partial charge < -0.3 is 14.8 Å². The highest BCUT2D eigenvalue weighted by molar-refractivity contribution is 9.10. The molecule has 3 nitrogen and oxygen atoms in total. The minimum absolute atomic E-state index is 0.0693. The molecule has 0 fully saturated rings. The number of benzene rings is 1. The summed E-state index contributed by atoms with van der Waals surface area (Å²) in [6.45, 7) is 3.83. The lowest BCUT2D eigenvalue weighted by Crippen LogP contribution is -2.31. The summed E-state index contributed by atoms with van der Waals surface area (Å²) < 4.78 is 6.07. The Balaban J connectivity index is 2.94. The minimum Gasteiger partial charge on any atom is -0.491 e. The van der Waals surface area contributed by atoms with E-state index in [-0.39, 0.29) is 6.10 Å². The predicted octanol–water partition coefficient (Wildman–Crippen LogP) is 0.916. The van der Waals surface area contributed by atoms with Crippen LogP contribution in [-0.2, 0) is 0 Å². The fourth-order valence-electron chi connectivity index (χ4n) is 1.07. The maximum Gasteiger partial charge on any atom is 0.489 e. The van der Waals surface area contributed by atoms with Crippen molar-refractivity contribution in [3.63, 3.8) is 0 Å². The molecular formula is C9H12BBrO3. The fraction of sp³-hybridized carbons (Fsp3) is 0.333. The van der Waals surface area contributed by atoms with E-state index in [2.05, 4.69) is 15.9 Å². The van der Waals surface area contributed by atoms with Crippen molar-refractivity contribution in [1.29, 1.82) is 0 Å². The van der Waals surface area contributed by atoms with Gasteiger partial charge in [-0.1, -0.05) is 15.9 Å². The van der Waals surface area contributed by atoms with Gasteiger partial charge in [0.2, 0.25) is 0 Å². The van der Waals surface area contributed by atoms with Crippen LogP contribution in [0.1, 0.15) is 13.8 Å². The van der Waals surface area contributed by atoms with Crippen LogP contribution < -0.4 is 10.2 Å². The molecule has 0 amide bonds. The average molecular weight is 259 g/mol. The Hall–Kier alpha value is -0.515. The molecule has 2 N–H and O–H groups in total. The molecule has 1 rings (SSSR count). The lowest BCUT2D eigenvalue weighted by molar-refractivity contribution is 0.242. The summed E-state index contributed by atoms with van der Waals surface area (Å²) in [7, 11) is -1.49. The van der Waals surface area contributed by atoms with Gasteiger partial charge in [0.15, 0.2) is 0 Å². The second-order valence-electron chi connectivity index (χ2n) is 3.22. The summed E-state index contributed by atoms with van der Waals surface area (Å²) in [6, 6.07) is 5.11. The van der Waals surface area contributed by atoms with E-state index < -0.39 is 7.12 Å². The van der Waals surface area contributed by atoms with Gasteiger partial charge in [0, 0.05) is 4.47 Å². The van der Waals surface area contributed by atoms with Crippen LogP contribution in [0.4, 0.5) is 0 Å². The van der Waals surface area contributed by atoms with Crippen LogP contribution in [0.25, 0.3) is 0 Å². The molecule has 0 spiro atoms. The van der Waals surface area contributed by atoms with E-state index in [9.17, 15) is 0 Å². The third kappa shape index (κ3) is 3.01. The second-order valence-corrected chi connectivity index (χ2v) is 4.08. The molecule has 0 aromatic heterocycles. The van der Waals surface area contributed by atoms with E-state index >= 15 is 0 Å². The summed E-state index contributed by atoms with van der Waals surface area (Å²) >= 11 is 3.22. The van der Waals surface area contributed by atoms with Crippen molar-refractivity contribution in [1.82, 2.24) is 0 Å². The first-order valence-electron chi connectivity index (χ1n) is 4.33. The van der Waals surface area contributed by atoms with Crippen molar-refractivity contribution in [3.8, 4) is 5.75 Å². The van der Waals surface area contributed by atoms with Crippen LogP contribution in [0.3, 0.4) is 0 Å². The number of hydrogen-bond acceptors (Lipinski definition) is 3. The van der Waals surface area contributed by atoms with Crippen LogP contribution in [0.5, 0.6) is 5.75 Å². The highest BCUT2D eigenvalue weighted by Crippen LogP contribution is 2.16. The highest BCUT2D eigenvalue weighted by atomic mass is 79.9. The number of ether oxygens (including phenoxy) is 1. The van der Waals surface area contributed by atoms with Gasteiger partial charge in [0.25, 0.3) is 0 Å². The Labute approximate surface area is 92.0 Å². The number of rotatable bonds is 3. The highest BCUT2D eigenvalue weighted by Gasteiger charge is 2.15. The van der Waals surface area contributed by atoms with E-state index in [1.807, 2.05) is 13.8 Å². The van der Waals surface area contributed by atoms with Crippen molar-refractivity contribution in [2.75, 3.05) is 0 Å². The largest absolute Gasteiger partial charge is 0.491 e. The Kier molecular flexibility index (Phi) is 3.98. The Bertz CT molecular complexity index is 315. The molecule has 14 heavy (non-hydrogen) atoms. The first kappa shape index (κ1) is 11.6. The molecule has 0 unspecified atom stereocenters. The quantitative estimate of drug-likeness (QED) is 0.793. The van der Waals surface area contributed by atoms with Crippen LogP contribution in [0.15, 0.2) is 22.7 Å². The van der Waals surface area contributed by atoms with E-state index in [1.54, 1.807) is 18.2 Å². The minimum atomic E-state index is -1.49. The van der Waals surface area contributed by atoms with Crippen molar-refractivity contribution < 1.29 is 14.8 Å². The first-order valence-corrected chi connectivity index (χ1v) is 5.12. The summed E-state index contributed by atoms with van der Waals surface area (Å²) in [6.07, 6.45) is 0.0693. The molecule has 0 aliphatic rings. The van der Waals surface area contributed by atoms with Gasteiger partial charge in [-0.2, -0.15) is 0 Å². The average Bonchev–Trinajstić information content (AvgIpc) is 2.07. The van der Waals surface area contributed by atoms with Crippen LogP contribution >= 0.6 is 15.9 Å². The molecule has 0 aliphatic carbocycles. The molecule has 0 saturated heterocycles. The van der Waals surface area contributed by atoms with Gasteiger partial charge in [-0.05, 0) is 37.5 Å². The zero-order valence-corrected chi connectivity index (χ0v) is 9.65. The van der Waals surface area contributed by atoms with Crippen molar-refractivity contribution in [2.24, 2.45) is 0 Å². The lowest BCUT2D eigenvalue weighted by atomic mass is 9.80. The summed E-state index contributed by atoms with van der Waals surface area (Å²) in [5, 5.41) is 18.1. The van der Waals surface area contributed by atoms with E-state index in [0.29, 0.717) is 15.7 Å². The molecule has 0 aliphatic heterocycles. The standard InChI is InChI=1S/C9H12BBrO3/c1-6(2)14-7-3-4-9(11)8(5-7)10(12)13/h3-6,12-13H,1-2H3. The molecule has 0 bridgehead atoms. The van der Waals surface area contributed by atoms with Gasteiger partial charge in [-0.25, -0.2) is 0 Å². The smallest absolute Gasteiger partial charge is 0.489 e. The molecule has 76 valence electrons. The third-order valence-corrected chi connectivity index (χ3v) is 2.34. The summed E-state index contributed by atoms with van der Waals surface area (Å²) in [5.74, 6) is 0.631. The van der Waals surface area contributed by atoms with E-state index in [0.717, 1.165) is 0 Å². The van der Waals surface area contributed by atoms with Crippen molar-refractivity contribution in [3.05, 3.63) is 22.7 Å². The van der Waals surface area contributed by atoms with E-state index in [4.69, 9.17) is 14.8 Å². The normalized spacial score (nSPS) is 10.4. The summed E-state index contributed by atoms with van der Waals surface area (Å²) in [4.78, 5) is 0. The zero-order chi connectivity index (χ0) is 10.7. The van der Waals surface area contributed by atoms with Crippen molar-refractivity contribution >= 4 is 28.5 Å². The van der Waals surface area contributed by atoms with Crippen LogP contribution in [-0.4, -0.2) is 23.3 Å². The SMILES string of the molecule is CC(C)Oc1ccc(Br)c(B(O)O)c1. The Morgan fingerprint density at radius 3 is 2.50 bits per heavy atom. The monoisotopic (exact) mass is 258 g/mol. The second kappa shape index (κ2) is 4.82. The first-order chi connectivity index (χ1) is 6.50. The lowest BCUT2D eigenvalue weighted by Gasteiger charge is -2.11. The molecule has 0 heterocycles. The predicted molar refractivity (Wildman–Crippen MR) is 59.7 cm³/mol. The molecule has 5 heteroatoms. The maximum absolute atomic E-state index is 9.03. The maximum atomic E-state index is 9.03. The van der Waals surface area contributed by atoms with Crippen molar-refractivity contribution in [2.45, 2.75) is 20.0 Å².